The van der Waals surface area contributed by atoms with Crippen molar-refractivity contribution in [1.29, 1.82) is 0 Å². The van der Waals surface area contributed by atoms with E-state index in [0.29, 0.717) is 10.7 Å². The van der Waals surface area contributed by atoms with E-state index in [9.17, 15) is 0 Å². The molecule has 0 fully saturated rings. The molecular formula is C15H13Cl2N3. The lowest BCUT2D eigenvalue weighted by Crippen LogP contribution is -1.93. The maximum atomic E-state index is 5.95. The number of benzene rings is 1. The molecule has 0 spiro atoms. The van der Waals surface area contributed by atoms with Crippen LogP contribution in [-0.4, -0.2) is 15.0 Å². The highest BCUT2D eigenvalue weighted by molar-refractivity contribution is 6.41. The van der Waals surface area contributed by atoms with E-state index >= 15 is 0 Å². The molecule has 1 N–H and O–H groups in total. The maximum Gasteiger partial charge on any atom is 0.179 e. The molecule has 0 saturated heterocycles. The van der Waals surface area contributed by atoms with Crippen LogP contribution in [0.3, 0.4) is 0 Å². The van der Waals surface area contributed by atoms with Crippen molar-refractivity contribution in [2.75, 3.05) is 0 Å². The minimum absolute atomic E-state index is 0.288. The molecule has 0 amide bonds. The topological polar surface area (TPSA) is 41.6 Å². The van der Waals surface area contributed by atoms with Crippen molar-refractivity contribution in [1.82, 2.24) is 15.0 Å². The third-order valence-corrected chi connectivity index (χ3v) is 3.84. The average Bonchev–Trinajstić information content (AvgIpc) is 2.79. The smallest absolute Gasteiger partial charge is 0.179 e. The van der Waals surface area contributed by atoms with Crippen LogP contribution in [0.1, 0.15) is 17.0 Å². The Morgan fingerprint density at radius 3 is 2.75 bits per heavy atom. The molecule has 3 rings (SSSR count). The largest absolute Gasteiger partial charge is 0.341 e. The molecule has 102 valence electrons. The fraction of sp³-hybridized carbons (Fsp3) is 0.200. The molecule has 1 aromatic carbocycles. The summed E-state index contributed by atoms with van der Waals surface area (Å²) in [6.07, 6.45) is 1.76. The van der Waals surface area contributed by atoms with Crippen molar-refractivity contribution in [3.05, 3.63) is 57.5 Å². The summed E-state index contributed by atoms with van der Waals surface area (Å²) in [7, 11) is 0. The minimum Gasteiger partial charge on any atom is -0.341 e. The second-order valence-electron chi connectivity index (χ2n) is 4.80. The van der Waals surface area contributed by atoms with Crippen molar-refractivity contribution in [2.24, 2.45) is 0 Å². The summed E-state index contributed by atoms with van der Waals surface area (Å²) in [5.74, 6) is 0.896. The third kappa shape index (κ3) is 2.79. The molecule has 3 aromatic rings. The fourth-order valence-corrected chi connectivity index (χ4v) is 2.48. The maximum absolute atomic E-state index is 5.95. The number of aromatic amines is 1. The number of rotatable bonds is 3. The first kappa shape index (κ1) is 13.4. The van der Waals surface area contributed by atoms with Crippen LogP contribution >= 0.6 is 23.2 Å². The Hall–Kier alpha value is -1.58. The van der Waals surface area contributed by atoms with Gasteiger partial charge in [-0.25, -0.2) is 9.97 Å². The van der Waals surface area contributed by atoms with Gasteiger partial charge in [-0.1, -0.05) is 53.0 Å². The number of halogens is 2. The number of aryl methyl sites for hydroxylation is 3. The van der Waals surface area contributed by atoms with Gasteiger partial charge in [0.25, 0.3) is 0 Å². The number of imidazole rings is 1. The quantitative estimate of drug-likeness (QED) is 0.731. The lowest BCUT2D eigenvalue weighted by atomic mass is 10.1. The first-order valence-electron chi connectivity index (χ1n) is 6.38. The Morgan fingerprint density at radius 2 is 1.95 bits per heavy atom. The zero-order valence-corrected chi connectivity index (χ0v) is 12.5. The van der Waals surface area contributed by atoms with Crippen molar-refractivity contribution in [3.63, 3.8) is 0 Å². The molecule has 0 saturated carbocycles. The van der Waals surface area contributed by atoms with Crippen LogP contribution < -0.4 is 0 Å². The number of fused-ring (bicyclic) bond motifs is 1. The Morgan fingerprint density at radius 1 is 1.10 bits per heavy atom. The van der Waals surface area contributed by atoms with E-state index in [-0.39, 0.29) is 5.15 Å². The summed E-state index contributed by atoms with van der Waals surface area (Å²) >= 11 is 11.8. The molecule has 0 unspecified atom stereocenters. The van der Waals surface area contributed by atoms with Gasteiger partial charge in [0.15, 0.2) is 5.65 Å². The highest BCUT2D eigenvalue weighted by atomic mass is 35.5. The molecule has 0 aliphatic heterocycles. The molecule has 3 nitrogen and oxygen atoms in total. The molecule has 2 heterocycles. The second kappa shape index (κ2) is 5.43. The SMILES string of the molecule is Cc1cccc(CCc2nc3nc(Cl)c(Cl)cc3[nH]2)c1. The Bertz CT molecular complexity index is 726. The van der Waals surface area contributed by atoms with E-state index in [0.717, 1.165) is 24.2 Å². The molecule has 0 radical (unpaired) electrons. The number of aromatic nitrogens is 3. The summed E-state index contributed by atoms with van der Waals surface area (Å²) in [5.41, 5.74) is 4.00. The van der Waals surface area contributed by atoms with Gasteiger partial charge in [0.05, 0.1) is 10.5 Å². The van der Waals surface area contributed by atoms with Gasteiger partial charge >= 0.3 is 0 Å². The van der Waals surface area contributed by atoms with Gasteiger partial charge in [0.2, 0.25) is 0 Å². The van der Waals surface area contributed by atoms with Crippen LogP contribution in [0, 0.1) is 6.92 Å². The summed E-state index contributed by atoms with van der Waals surface area (Å²) in [4.78, 5) is 11.8. The zero-order valence-electron chi connectivity index (χ0n) is 11.0. The number of hydrogen-bond acceptors (Lipinski definition) is 2. The van der Waals surface area contributed by atoms with E-state index in [1.54, 1.807) is 6.07 Å². The molecule has 0 atom stereocenters. The van der Waals surface area contributed by atoms with Gasteiger partial charge in [0.1, 0.15) is 11.0 Å². The van der Waals surface area contributed by atoms with Gasteiger partial charge in [-0.15, -0.1) is 0 Å². The fourth-order valence-electron chi connectivity index (χ4n) is 2.19. The monoisotopic (exact) mass is 305 g/mol. The zero-order chi connectivity index (χ0) is 14.1. The van der Waals surface area contributed by atoms with Crippen LogP contribution in [-0.2, 0) is 12.8 Å². The number of H-pyrrole nitrogens is 1. The number of pyridine rings is 1. The lowest BCUT2D eigenvalue weighted by molar-refractivity contribution is 0.888. The summed E-state index contributed by atoms with van der Waals surface area (Å²) in [6, 6.07) is 10.2. The first-order chi connectivity index (χ1) is 9.61. The third-order valence-electron chi connectivity index (χ3n) is 3.17. The average molecular weight is 306 g/mol. The van der Waals surface area contributed by atoms with Crippen molar-refractivity contribution >= 4 is 34.4 Å². The van der Waals surface area contributed by atoms with E-state index in [1.807, 2.05) is 0 Å². The van der Waals surface area contributed by atoms with Crippen LogP contribution in [0.2, 0.25) is 10.2 Å². The molecule has 2 aromatic heterocycles. The molecule has 0 bridgehead atoms. The van der Waals surface area contributed by atoms with Crippen molar-refractivity contribution < 1.29 is 0 Å². The van der Waals surface area contributed by atoms with E-state index in [1.165, 1.54) is 11.1 Å². The standard InChI is InChI=1S/C15H13Cl2N3/c1-9-3-2-4-10(7-9)5-6-13-18-12-8-11(16)14(17)20-15(12)19-13/h2-4,7-8H,5-6H2,1H3,(H,18,19,20). The van der Waals surface area contributed by atoms with E-state index in [2.05, 4.69) is 46.1 Å². The van der Waals surface area contributed by atoms with Crippen LogP contribution in [0.15, 0.2) is 30.3 Å². The molecule has 0 aliphatic carbocycles. The lowest BCUT2D eigenvalue weighted by Gasteiger charge is -2.00. The van der Waals surface area contributed by atoms with Gasteiger partial charge in [0, 0.05) is 6.42 Å². The second-order valence-corrected chi connectivity index (χ2v) is 5.57. The molecule has 0 aliphatic rings. The Labute approximate surface area is 127 Å². The van der Waals surface area contributed by atoms with Crippen LogP contribution in [0.4, 0.5) is 0 Å². The van der Waals surface area contributed by atoms with Gasteiger partial charge < -0.3 is 4.98 Å². The predicted molar refractivity (Wildman–Crippen MR) is 82.5 cm³/mol. The highest BCUT2D eigenvalue weighted by Gasteiger charge is 2.08. The van der Waals surface area contributed by atoms with Gasteiger partial charge in [-0.3, -0.25) is 0 Å². The summed E-state index contributed by atoms with van der Waals surface area (Å²) in [6.45, 7) is 2.10. The minimum atomic E-state index is 0.288. The first-order valence-corrected chi connectivity index (χ1v) is 7.13. The number of hydrogen-bond donors (Lipinski definition) is 1. The Kier molecular flexibility index (Phi) is 3.64. The summed E-state index contributed by atoms with van der Waals surface area (Å²) in [5, 5.41) is 0.726. The number of nitrogens with one attached hydrogen (secondary N) is 1. The van der Waals surface area contributed by atoms with Crippen LogP contribution in [0.5, 0.6) is 0 Å². The van der Waals surface area contributed by atoms with Crippen molar-refractivity contribution in [3.8, 4) is 0 Å². The number of nitrogens with zero attached hydrogens (tertiary/aromatic N) is 2. The van der Waals surface area contributed by atoms with Gasteiger partial charge in [-0.05, 0) is 25.0 Å². The van der Waals surface area contributed by atoms with E-state index in [4.69, 9.17) is 23.2 Å². The van der Waals surface area contributed by atoms with Crippen LogP contribution in [0.25, 0.3) is 11.2 Å². The molecular weight excluding hydrogens is 293 g/mol. The van der Waals surface area contributed by atoms with Gasteiger partial charge in [-0.2, -0.15) is 0 Å². The highest BCUT2D eigenvalue weighted by Crippen LogP contribution is 2.23. The molecule has 5 heteroatoms. The van der Waals surface area contributed by atoms with Crippen molar-refractivity contribution in [2.45, 2.75) is 19.8 Å². The molecule has 20 heavy (non-hydrogen) atoms. The normalized spacial score (nSPS) is 11.2. The summed E-state index contributed by atoms with van der Waals surface area (Å²) < 4.78 is 0. The predicted octanol–water partition coefficient (Wildman–Crippen LogP) is 4.36. The Balaban J connectivity index is 1.81. The van der Waals surface area contributed by atoms with E-state index < -0.39 is 0 Å².